The molecule has 3 rings (SSSR count). The van der Waals surface area contributed by atoms with E-state index in [1.165, 1.54) is 62.0 Å². The van der Waals surface area contributed by atoms with Crippen molar-refractivity contribution in [2.75, 3.05) is 12.4 Å². The fourth-order valence-electron chi connectivity index (χ4n) is 2.96. The first-order chi connectivity index (χ1) is 13.0. The van der Waals surface area contributed by atoms with Crippen molar-refractivity contribution < 1.29 is 18.0 Å². The number of benzene rings is 2. The van der Waals surface area contributed by atoms with Gasteiger partial charge in [0.25, 0.3) is 15.9 Å². The third kappa shape index (κ3) is 5.32. The molecule has 0 saturated heterocycles. The highest BCUT2D eigenvalue weighted by Crippen LogP contribution is 2.34. The molecule has 1 fully saturated rings. The molecule has 1 aliphatic rings. The van der Waals surface area contributed by atoms with Crippen molar-refractivity contribution in [3.63, 3.8) is 0 Å². The molecule has 8 heteroatoms. The third-order valence-corrected chi connectivity index (χ3v) is 6.96. The zero-order valence-corrected chi connectivity index (χ0v) is 16.6. The maximum absolute atomic E-state index is 12.4. The molecule has 6 nitrogen and oxygen atoms in total. The Labute approximate surface area is 163 Å². The Bertz CT molecular complexity index is 875. The number of amides is 1. The molecule has 2 aromatic rings. The quantitative estimate of drug-likeness (QED) is 0.683. The first-order valence-electron chi connectivity index (χ1n) is 8.71. The minimum atomic E-state index is -3.73. The first-order valence-corrected chi connectivity index (χ1v) is 11.1. The van der Waals surface area contributed by atoms with Crippen LogP contribution in [0.1, 0.15) is 36.0 Å². The molecule has 0 bridgehead atoms. The Kier molecular flexibility index (Phi) is 6.54. The van der Waals surface area contributed by atoms with E-state index in [1.54, 1.807) is 0 Å². The van der Waals surface area contributed by atoms with Gasteiger partial charge in [0.05, 0.1) is 12.0 Å². The molecule has 0 spiro atoms. The highest BCUT2D eigenvalue weighted by atomic mass is 32.2. The summed E-state index contributed by atoms with van der Waals surface area (Å²) in [5, 5.41) is 3.53. The van der Waals surface area contributed by atoms with E-state index < -0.39 is 10.0 Å². The van der Waals surface area contributed by atoms with Gasteiger partial charge in [-0.2, -0.15) is 0 Å². The van der Waals surface area contributed by atoms with Crippen LogP contribution in [0.25, 0.3) is 0 Å². The van der Waals surface area contributed by atoms with Crippen molar-refractivity contribution >= 4 is 33.4 Å². The number of nitrogens with one attached hydrogen (secondary N) is 2. The van der Waals surface area contributed by atoms with Gasteiger partial charge in [-0.05, 0) is 61.4 Å². The fraction of sp³-hybridized carbons (Fsp3) is 0.316. The molecule has 0 heterocycles. The van der Waals surface area contributed by atoms with Crippen molar-refractivity contribution in [3.05, 3.63) is 54.1 Å². The Morgan fingerprint density at radius 2 is 1.67 bits per heavy atom. The van der Waals surface area contributed by atoms with Crippen LogP contribution in [-0.4, -0.2) is 26.7 Å². The Balaban J connectivity index is 1.61. The van der Waals surface area contributed by atoms with Crippen LogP contribution in [-0.2, 0) is 14.9 Å². The fourth-order valence-corrected chi connectivity index (χ4v) is 5.02. The van der Waals surface area contributed by atoms with Crippen molar-refractivity contribution in [2.45, 2.75) is 40.7 Å². The van der Waals surface area contributed by atoms with Crippen molar-refractivity contribution in [2.24, 2.45) is 0 Å². The second-order valence-electron chi connectivity index (χ2n) is 6.32. The summed E-state index contributed by atoms with van der Waals surface area (Å²) in [6.45, 7) is 0. The zero-order chi connectivity index (χ0) is 19.3. The predicted molar refractivity (Wildman–Crippen MR) is 106 cm³/mol. The lowest BCUT2D eigenvalue weighted by molar-refractivity contribution is 0.102. The average Bonchev–Trinajstić information content (AvgIpc) is 3.16. The van der Waals surface area contributed by atoms with Gasteiger partial charge in [-0.15, -0.1) is 11.8 Å². The van der Waals surface area contributed by atoms with Crippen LogP contribution in [0.15, 0.2) is 58.3 Å². The summed E-state index contributed by atoms with van der Waals surface area (Å²) in [5.41, 5.74) is 1.07. The summed E-state index contributed by atoms with van der Waals surface area (Å²) in [6.07, 6.45) is 5.17. The summed E-state index contributed by atoms with van der Waals surface area (Å²) >= 11 is 1.90. The monoisotopic (exact) mass is 406 g/mol. The number of rotatable bonds is 7. The van der Waals surface area contributed by atoms with Crippen LogP contribution < -0.4 is 10.2 Å². The van der Waals surface area contributed by atoms with Gasteiger partial charge in [-0.25, -0.2) is 8.42 Å². The van der Waals surface area contributed by atoms with Crippen molar-refractivity contribution in [1.82, 2.24) is 4.89 Å². The van der Waals surface area contributed by atoms with E-state index in [-0.39, 0.29) is 10.8 Å². The number of hydrogen-bond acceptors (Lipinski definition) is 5. The Morgan fingerprint density at radius 3 is 2.26 bits per heavy atom. The van der Waals surface area contributed by atoms with E-state index in [4.69, 9.17) is 0 Å². The number of sulfonamides is 1. The van der Waals surface area contributed by atoms with Crippen LogP contribution in [0.3, 0.4) is 0 Å². The van der Waals surface area contributed by atoms with E-state index in [0.717, 1.165) is 0 Å². The molecular weight excluding hydrogens is 384 g/mol. The summed E-state index contributed by atoms with van der Waals surface area (Å²) in [6, 6.07) is 13.4. The number of hydrogen-bond donors (Lipinski definition) is 2. The van der Waals surface area contributed by atoms with E-state index >= 15 is 0 Å². The molecule has 1 amide bonds. The van der Waals surface area contributed by atoms with E-state index in [0.29, 0.717) is 16.5 Å². The average molecular weight is 407 g/mol. The van der Waals surface area contributed by atoms with Crippen molar-refractivity contribution in [3.8, 4) is 0 Å². The van der Waals surface area contributed by atoms with Gasteiger partial charge in [-0.1, -0.05) is 17.7 Å². The van der Waals surface area contributed by atoms with Crippen LogP contribution in [0.2, 0.25) is 0 Å². The molecule has 0 atom stereocenters. The molecule has 1 saturated carbocycles. The van der Waals surface area contributed by atoms with Crippen LogP contribution in [0.4, 0.5) is 5.69 Å². The summed E-state index contributed by atoms with van der Waals surface area (Å²) < 4.78 is 23.6. The van der Waals surface area contributed by atoms with Gasteiger partial charge in [-0.3, -0.25) is 9.63 Å². The summed E-state index contributed by atoms with van der Waals surface area (Å²) in [7, 11) is -2.51. The summed E-state index contributed by atoms with van der Waals surface area (Å²) in [4.78, 5) is 20.0. The lowest BCUT2D eigenvalue weighted by atomic mass is 10.2. The molecule has 0 unspecified atom stereocenters. The molecule has 0 radical (unpaired) electrons. The molecule has 2 aromatic carbocycles. The largest absolute Gasteiger partial charge is 0.322 e. The normalized spacial score (nSPS) is 15.0. The first kappa shape index (κ1) is 19.9. The standard InChI is InChI=1S/C19H22N2O4S2/c1-25-21-27(23,24)18-12-6-14(7-13-18)19(22)20-15-8-10-17(11-9-15)26-16-4-2-3-5-16/h6-13,16,21H,2-5H2,1H3,(H,20,22). The minimum Gasteiger partial charge on any atom is -0.322 e. The van der Waals surface area contributed by atoms with E-state index in [1.807, 2.05) is 40.9 Å². The van der Waals surface area contributed by atoms with Crippen LogP contribution in [0.5, 0.6) is 0 Å². The second kappa shape index (κ2) is 8.88. The predicted octanol–water partition coefficient (Wildman–Crippen LogP) is 3.81. The van der Waals surface area contributed by atoms with Gasteiger partial charge >= 0.3 is 0 Å². The molecular formula is C19H22N2O4S2. The lowest BCUT2D eigenvalue weighted by Crippen LogP contribution is -2.22. The highest BCUT2D eigenvalue weighted by Gasteiger charge is 2.16. The molecule has 2 N–H and O–H groups in total. The lowest BCUT2D eigenvalue weighted by Gasteiger charge is -2.10. The highest BCUT2D eigenvalue weighted by molar-refractivity contribution is 8.00. The Morgan fingerprint density at radius 1 is 1.04 bits per heavy atom. The van der Waals surface area contributed by atoms with E-state index in [2.05, 4.69) is 10.2 Å². The molecule has 27 heavy (non-hydrogen) atoms. The molecule has 0 aliphatic heterocycles. The third-order valence-electron chi connectivity index (χ3n) is 4.34. The molecule has 0 aromatic heterocycles. The minimum absolute atomic E-state index is 0.0224. The Hall–Kier alpha value is -1.87. The van der Waals surface area contributed by atoms with Gasteiger partial charge in [0.2, 0.25) is 0 Å². The molecule has 144 valence electrons. The number of carbonyl (C=O) groups is 1. The number of thioether (sulfide) groups is 1. The maximum atomic E-state index is 12.4. The summed E-state index contributed by atoms with van der Waals surface area (Å²) in [5.74, 6) is -0.296. The van der Waals surface area contributed by atoms with E-state index in [9.17, 15) is 13.2 Å². The van der Waals surface area contributed by atoms with Crippen molar-refractivity contribution in [1.29, 1.82) is 0 Å². The molecule has 1 aliphatic carbocycles. The van der Waals surface area contributed by atoms with Crippen LogP contribution in [0, 0.1) is 0 Å². The zero-order valence-electron chi connectivity index (χ0n) is 15.0. The smallest absolute Gasteiger partial charge is 0.262 e. The number of anilines is 1. The van der Waals surface area contributed by atoms with Gasteiger partial charge in [0.15, 0.2) is 0 Å². The SMILES string of the molecule is CONS(=O)(=O)c1ccc(C(=O)Nc2ccc(SC3CCCC3)cc2)cc1. The van der Waals surface area contributed by atoms with Gasteiger partial charge < -0.3 is 5.32 Å². The number of carbonyl (C=O) groups excluding carboxylic acids is 1. The van der Waals surface area contributed by atoms with Crippen LogP contribution >= 0.6 is 11.8 Å². The van der Waals surface area contributed by atoms with Gasteiger partial charge in [0.1, 0.15) is 0 Å². The second-order valence-corrected chi connectivity index (χ2v) is 9.34. The maximum Gasteiger partial charge on any atom is 0.262 e. The topological polar surface area (TPSA) is 84.5 Å². The van der Waals surface area contributed by atoms with Gasteiger partial charge in [0, 0.05) is 21.4 Å².